The molecule has 4 heteroatoms. The van der Waals surface area contributed by atoms with Gasteiger partial charge in [0, 0.05) is 32.5 Å². The van der Waals surface area contributed by atoms with Crippen LogP contribution in [0.2, 0.25) is 0 Å². The molecule has 1 aliphatic heterocycles. The molecule has 0 bridgehead atoms. The molecule has 4 nitrogen and oxygen atoms in total. The Morgan fingerprint density at radius 2 is 2.21 bits per heavy atom. The number of piperazine rings is 1. The molecule has 1 aromatic heterocycles. The van der Waals surface area contributed by atoms with Crippen molar-refractivity contribution in [3.8, 4) is 0 Å². The fourth-order valence-electron chi connectivity index (χ4n) is 1.61. The van der Waals surface area contributed by atoms with E-state index < -0.39 is 0 Å². The van der Waals surface area contributed by atoms with Crippen LogP contribution in [0.15, 0.2) is 24.5 Å². The summed E-state index contributed by atoms with van der Waals surface area (Å²) < 4.78 is 0. The minimum Gasteiger partial charge on any atom is -0.343 e. The quantitative estimate of drug-likeness (QED) is 0.689. The number of nitrogens with one attached hydrogen (secondary N) is 1. The lowest BCUT2D eigenvalue weighted by Crippen LogP contribution is -2.48. The minimum absolute atomic E-state index is 0.127. The van der Waals surface area contributed by atoms with Gasteiger partial charge in [-0.3, -0.25) is 9.78 Å². The van der Waals surface area contributed by atoms with Crippen LogP contribution < -0.4 is 5.32 Å². The van der Waals surface area contributed by atoms with Crippen molar-refractivity contribution in [2.45, 2.75) is 6.04 Å². The van der Waals surface area contributed by atoms with Gasteiger partial charge in [-0.2, -0.15) is 0 Å². The van der Waals surface area contributed by atoms with E-state index in [2.05, 4.69) is 10.3 Å². The number of likely N-dealkylation sites (N-methyl/N-ethyl adjacent to an activating group) is 1. The van der Waals surface area contributed by atoms with Gasteiger partial charge in [0.15, 0.2) is 0 Å². The summed E-state index contributed by atoms with van der Waals surface area (Å²) in [5.41, 5.74) is 0.983. The van der Waals surface area contributed by atoms with Crippen molar-refractivity contribution in [1.82, 2.24) is 15.2 Å². The lowest BCUT2D eigenvalue weighted by molar-refractivity contribution is -0.134. The molecule has 2 heterocycles. The first-order valence-electron chi connectivity index (χ1n) is 4.67. The number of aromatic nitrogens is 1. The molecule has 0 saturated carbocycles. The first-order chi connectivity index (χ1) is 6.79. The maximum Gasteiger partial charge on any atom is 0.244 e. The second-order valence-electron chi connectivity index (χ2n) is 3.43. The van der Waals surface area contributed by atoms with Crippen molar-refractivity contribution in [3.05, 3.63) is 30.1 Å². The molecule has 1 atom stereocenters. The van der Waals surface area contributed by atoms with E-state index in [4.69, 9.17) is 0 Å². The number of hydrogen-bond acceptors (Lipinski definition) is 3. The Hall–Kier alpha value is -1.42. The van der Waals surface area contributed by atoms with Crippen LogP contribution in [0.25, 0.3) is 0 Å². The first-order valence-corrected chi connectivity index (χ1v) is 4.67. The topological polar surface area (TPSA) is 45.2 Å². The summed E-state index contributed by atoms with van der Waals surface area (Å²) in [7, 11) is 1.83. The molecule has 1 aliphatic rings. The van der Waals surface area contributed by atoms with Gasteiger partial charge in [0.2, 0.25) is 5.91 Å². The maximum absolute atomic E-state index is 11.8. The van der Waals surface area contributed by atoms with Gasteiger partial charge in [0.25, 0.3) is 0 Å². The standard InChI is InChI=1S/C10H13N3O/c1-13-7-6-12-9(10(13)14)8-2-4-11-5-3-8/h2-5,9,12H,6-7H2,1H3. The lowest BCUT2D eigenvalue weighted by Gasteiger charge is -2.30. The highest BCUT2D eigenvalue weighted by Crippen LogP contribution is 2.16. The molecule has 0 aromatic carbocycles. The highest BCUT2D eigenvalue weighted by atomic mass is 16.2. The van der Waals surface area contributed by atoms with Crippen LogP contribution in [0.5, 0.6) is 0 Å². The molecule has 1 aromatic rings. The second kappa shape index (κ2) is 3.75. The fourth-order valence-corrected chi connectivity index (χ4v) is 1.61. The van der Waals surface area contributed by atoms with Gasteiger partial charge in [-0.1, -0.05) is 0 Å². The third kappa shape index (κ3) is 1.61. The van der Waals surface area contributed by atoms with Crippen molar-refractivity contribution in [3.63, 3.8) is 0 Å². The number of amides is 1. The molecule has 0 spiro atoms. The Morgan fingerprint density at radius 3 is 2.93 bits per heavy atom. The van der Waals surface area contributed by atoms with Crippen LogP contribution >= 0.6 is 0 Å². The van der Waals surface area contributed by atoms with Crippen molar-refractivity contribution in [2.75, 3.05) is 20.1 Å². The summed E-state index contributed by atoms with van der Waals surface area (Å²) in [6, 6.07) is 3.54. The Balaban J connectivity index is 2.22. The molecule has 1 saturated heterocycles. The predicted molar refractivity (Wildman–Crippen MR) is 52.6 cm³/mol. The molecule has 0 aliphatic carbocycles. The maximum atomic E-state index is 11.8. The Morgan fingerprint density at radius 1 is 1.50 bits per heavy atom. The molecule has 1 unspecified atom stereocenters. The number of nitrogens with zero attached hydrogens (tertiary/aromatic N) is 2. The van der Waals surface area contributed by atoms with E-state index in [1.165, 1.54) is 0 Å². The zero-order valence-electron chi connectivity index (χ0n) is 8.10. The van der Waals surface area contributed by atoms with E-state index in [0.717, 1.165) is 18.7 Å². The van der Waals surface area contributed by atoms with Crippen LogP contribution in [0.4, 0.5) is 0 Å². The summed E-state index contributed by atoms with van der Waals surface area (Å²) >= 11 is 0. The summed E-state index contributed by atoms with van der Waals surface area (Å²) in [6.07, 6.45) is 3.41. The molecule has 14 heavy (non-hydrogen) atoms. The van der Waals surface area contributed by atoms with Gasteiger partial charge in [0.05, 0.1) is 0 Å². The second-order valence-corrected chi connectivity index (χ2v) is 3.43. The number of hydrogen-bond donors (Lipinski definition) is 1. The van der Waals surface area contributed by atoms with Gasteiger partial charge >= 0.3 is 0 Å². The number of rotatable bonds is 1. The molecular formula is C10H13N3O. The van der Waals surface area contributed by atoms with Gasteiger partial charge in [-0.15, -0.1) is 0 Å². The van der Waals surface area contributed by atoms with Gasteiger partial charge < -0.3 is 10.2 Å². The molecule has 74 valence electrons. The number of carbonyl (C=O) groups is 1. The molecule has 1 N–H and O–H groups in total. The third-order valence-electron chi connectivity index (χ3n) is 2.46. The van der Waals surface area contributed by atoms with Gasteiger partial charge in [0.1, 0.15) is 6.04 Å². The zero-order valence-corrected chi connectivity index (χ0v) is 8.10. The summed E-state index contributed by atoms with van der Waals surface area (Å²) in [6.45, 7) is 1.62. The van der Waals surface area contributed by atoms with E-state index >= 15 is 0 Å². The summed E-state index contributed by atoms with van der Waals surface area (Å²) in [4.78, 5) is 17.5. The molecule has 0 radical (unpaired) electrons. The van der Waals surface area contributed by atoms with Crippen molar-refractivity contribution in [1.29, 1.82) is 0 Å². The Labute approximate surface area is 82.9 Å². The smallest absolute Gasteiger partial charge is 0.244 e. The van der Waals surface area contributed by atoms with E-state index in [-0.39, 0.29) is 11.9 Å². The van der Waals surface area contributed by atoms with Gasteiger partial charge in [-0.25, -0.2) is 0 Å². The molecular weight excluding hydrogens is 178 g/mol. The molecule has 2 rings (SSSR count). The summed E-state index contributed by atoms with van der Waals surface area (Å²) in [5, 5.41) is 3.20. The van der Waals surface area contributed by atoms with Crippen LogP contribution in [-0.2, 0) is 4.79 Å². The van der Waals surface area contributed by atoms with E-state index in [1.807, 2.05) is 19.2 Å². The lowest BCUT2D eigenvalue weighted by atomic mass is 10.1. The number of pyridine rings is 1. The number of carbonyl (C=O) groups excluding carboxylic acids is 1. The normalized spacial score (nSPS) is 22.5. The Bertz CT molecular complexity index is 325. The Kier molecular flexibility index (Phi) is 2.45. The van der Waals surface area contributed by atoms with Crippen molar-refractivity contribution in [2.24, 2.45) is 0 Å². The predicted octanol–water partition coefficient (Wildman–Crippen LogP) is 0.184. The monoisotopic (exact) mass is 191 g/mol. The van der Waals surface area contributed by atoms with Crippen LogP contribution in [0, 0.1) is 0 Å². The van der Waals surface area contributed by atoms with E-state index in [1.54, 1.807) is 17.3 Å². The summed E-state index contributed by atoms with van der Waals surface area (Å²) in [5.74, 6) is 0.127. The van der Waals surface area contributed by atoms with E-state index in [9.17, 15) is 4.79 Å². The molecule has 1 fully saturated rings. The third-order valence-corrected chi connectivity index (χ3v) is 2.46. The van der Waals surface area contributed by atoms with Crippen LogP contribution in [-0.4, -0.2) is 35.9 Å². The molecule has 1 amide bonds. The average molecular weight is 191 g/mol. The van der Waals surface area contributed by atoms with Crippen LogP contribution in [0.1, 0.15) is 11.6 Å². The average Bonchev–Trinajstić information content (AvgIpc) is 2.23. The largest absolute Gasteiger partial charge is 0.343 e. The zero-order chi connectivity index (χ0) is 9.97. The van der Waals surface area contributed by atoms with Crippen LogP contribution in [0.3, 0.4) is 0 Å². The van der Waals surface area contributed by atoms with Crippen molar-refractivity contribution < 1.29 is 4.79 Å². The van der Waals surface area contributed by atoms with Crippen molar-refractivity contribution >= 4 is 5.91 Å². The van der Waals surface area contributed by atoms with E-state index in [0.29, 0.717) is 0 Å². The fraction of sp³-hybridized carbons (Fsp3) is 0.400. The van der Waals surface area contributed by atoms with Gasteiger partial charge in [-0.05, 0) is 17.7 Å². The highest BCUT2D eigenvalue weighted by Gasteiger charge is 2.26. The first kappa shape index (κ1) is 9.15. The minimum atomic E-state index is -0.197. The SMILES string of the molecule is CN1CCNC(c2ccncc2)C1=O. The highest BCUT2D eigenvalue weighted by molar-refractivity contribution is 5.83.